The van der Waals surface area contributed by atoms with Crippen LogP contribution in [0.2, 0.25) is 0 Å². The number of hydrogen-bond donors (Lipinski definition) is 14. The number of para-hydroxylation sites is 1. The second kappa shape index (κ2) is 49.2. The lowest BCUT2D eigenvalue weighted by molar-refractivity contribution is -0.152. The number of rotatable bonds is 25. The Labute approximate surface area is 761 Å². The van der Waals surface area contributed by atoms with Gasteiger partial charge in [-0.1, -0.05) is 169 Å². The molecule has 1 aromatic heterocycles. The van der Waals surface area contributed by atoms with Crippen LogP contribution in [-0.2, 0) is 109 Å². The number of hydrogen-bond acceptors (Lipinski definition) is 19. The van der Waals surface area contributed by atoms with E-state index in [0.717, 1.165) is 16.7 Å². The molecule has 9 rings (SSSR count). The van der Waals surface area contributed by atoms with Gasteiger partial charge in [0.25, 0.3) is 0 Å². The van der Waals surface area contributed by atoms with Crippen molar-refractivity contribution in [3.8, 4) is 5.75 Å². The molecule has 6 aromatic rings. The summed E-state index contributed by atoms with van der Waals surface area (Å²) in [6.45, 7) is 8.12. The number of carboxylic acids is 1. The molecule has 3 aliphatic rings. The number of carboxylic acid groups (broad SMARTS) is 1. The number of nitrogens with two attached hydrogens (primary N) is 2. The Bertz CT molecular complexity index is 4930. The molecule has 700 valence electrons. The first-order valence-corrected chi connectivity index (χ1v) is 45.6. The number of phenolic OH excluding ortho intramolecular Hbond substituents is 1. The number of primary amides is 1. The third-order valence-electron chi connectivity index (χ3n) is 23.8. The first kappa shape index (κ1) is 101. The largest absolute Gasteiger partial charge is 0.508 e. The lowest BCUT2D eigenvalue weighted by Gasteiger charge is -2.38. The average molecular weight is 1810 g/mol. The maximum Gasteiger partial charge on any atom is 0.305 e. The summed E-state index contributed by atoms with van der Waals surface area (Å²) in [4.78, 5) is 247. The number of aliphatic carboxylic acids is 1. The van der Waals surface area contributed by atoms with Crippen molar-refractivity contribution >= 4 is 117 Å². The van der Waals surface area contributed by atoms with Crippen molar-refractivity contribution in [2.75, 3.05) is 58.8 Å². The van der Waals surface area contributed by atoms with Gasteiger partial charge in [-0.05, 0) is 122 Å². The van der Waals surface area contributed by atoms with Gasteiger partial charge < -0.3 is 99.0 Å². The van der Waals surface area contributed by atoms with Gasteiger partial charge in [0.2, 0.25) is 88.6 Å². The third-order valence-corrected chi connectivity index (χ3v) is 24.8. The molecule has 3 aliphatic heterocycles. The number of phenols is 1. The summed E-state index contributed by atoms with van der Waals surface area (Å²) in [7, 11) is 4.14. The number of benzene rings is 5. The van der Waals surface area contributed by atoms with Gasteiger partial charge in [-0.3, -0.25) is 76.7 Å². The Kier molecular flexibility index (Phi) is 38.2. The number of aromatic hydroxyl groups is 1. The van der Waals surface area contributed by atoms with E-state index < -0.39 is 198 Å². The van der Waals surface area contributed by atoms with E-state index in [1.165, 1.54) is 65.0 Å². The average Bonchev–Trinajstić information content (AvgIpc) is 1.74. The minimum Gasteiger partial charge on any atom is -0.508 e. The minimum atomic E-state index is -1.87. The summed E-state index contributed by atoms with van der Waals surface area (Å²) >= 11 is 0.846. The molecule has 0 radical (unpaired) electrons. The predicted molar refractivity (Wildman–Crippen MR) is 487 cm³/mol. The first-order valence-electron chi connectivity index (χ1n) is 44.5. The molecule has 3 fully saturated rings. The van der Waals surface area contributed by atoms with Crippen LogP contribution in [0.15, 0.2) is 146 Å². The molecule has 4 heterocycles. The van der Waals surface area contributed by atoms with Crippen molar-refractivity contribution in [2.45, 2.75) is 222 Å². The highest BCUT2D eigenvalue weighted by molar-refractivity contribution is 8.00. The van der Waals surface area contributed by atoms with E-state index in [4.69, 9.17) is 11.5 Å². The molecule has 0 bridgehead atoms. The van der Waals surface area contributed by atoms with Gasteiger partial charge >= 0.3 is 5.97 Å². The van der Waals surface area contributed by atoms with Crippen molar-refractivity contribution in [1.82, 2.24) is 77.3 Å². The fourth-order valence-electron chi connectivity index (χ4n) is 16.6. The molecule has 3 saturated heterocycles. The van der Waals surface area contributed by atoms with Gasteiger partial charge in [0.1, 0.15) is 84.3 Å². The van der Waals surface area contributed by atoms with Crippen molar-refractivity contribution in [3.63, 3.8) is 0 Å². The van der Waals surface area contributed by atoms with Crippen LogP contribution < -0.4 is 59.3 Å². The van der Waals surface area contributed by atoms with Crippen LogP contribution in [-0.4, -0.2) is 272 Å². The van der Waals surface area contributed by atoms with Gasteiger partial charge in [-0.2, -0.15) is 0 Å². The number of nitrogens with zero attached hydrogens (tertiary/aromatic N) is 5. The molecule has 130 heavy (non-hydrogen) atoms. The number of amides is 15. The Balaban J connectivity index is 1.12. The van der Waals surface area contributed by atoms with E-state index in [2.05, 4.69) is 52.8 Å². The number of nitrogens with one attached hydrogen (secondary N) is 10. The molecule has 36 heteroatoms. The van der Waals surface area contributed by atoms with Gasteiger partial charge in [0, 0.05) is 89.2 Å². The third kappa shape index (κ3) is 28.6. The second-order valence-electron chi connectivity index (χ2n) is 34.3. The normalized spacial score (nSPS) is 23.9. The maximum absolute atomic E-state index is 15.7. The maximum atomic E-state index is 15.7. The summed E-state index contributed by atoms with van der Waals surface area (Å²) in [6, 6.07) is 20.1. The minimum absolute atomic E-state index is 0.00304. The highest BCUT2D eigenvalue weighted by Crippen LogP contribution is 2.28. The molecule has 13 unspecified atom stereocenters. The summed E-state index contributed by atoms with van der Waals surface area (Å²) in [5.74, 6) is -16.2. The number of H-pyrrole nitrogens is 1. The van der Waals surface area contributed by atoms with E-state index >= 15 is 47.9 Å². The van der Waals surface area contributed by atoms with Gasteiger partial charge in [-0.15, -0.1) is 11.8 Å². The zero-order valence-corrected chi connectivity index (χ0v) is 75.8. The van der Waals surface area contributed by atoms with Crippen molar-refractivity contribution < 1.29 is 86.9 Å². The summed E-state index contributed by atoms with van der Waals surface area (Å²) in [6.07, 6.45) is 2.05. The summed E-state index contributed by atoms with van der Waals surface area (Å²) in [5.41, 5.74) is 14.9. The number of aromatic nitrogens is 1. The van der Waals surface area contributed by atoms with E-state index in [-0.39, 0.29) is 114 Å². The van der Waals surface area contributed by atoms with Crippen molar-refractivity contribution in [3.05, 3.63) is 174 Å². The zero-order chi connectivity index (χ0) is 94.4. The molecule has 5 aromatic carbocycles. The monoisotopic (exact) mass is 1810 g/mol. The molecule has 0 spiro atoms. The van der Waals surface area contributed by atoms with Crippen molar-refractivity contribution in [2.24, 2.45) is 23.3 Å². The second-order valence-corrected chi connectivity index (χ2v) is 35.4. The molecule has 15 amide bonds. The topological polar surface area (TPSA) is 506 Å². The van der Waals surface area contributed by atoms with Crippen LogP contribution in [0.25, 0.3) is 10.9 Å². The number of likely N-dealkylation sites (N-methyl/N-ethyl adjacent to an activating group) is 3. The first-order chi connectivity index (χ1) is 62.1. The van der Waals surface area contributed by atoms with Gasteiger partial charge in [0.05, 0.1) is 18.7 Å². The number of carbonyl (C=O) groups excluding carboxylic acids is 15. The van der Waals surface area contributed by atoms with Crippen molar-refractivity contribution in [1.29, 1.82) is 0 Å². The fraction of sp³-hybridized carbons (Fsp3) is 0.489. The SMILES string of the molecule is CCCCC1C(=O)N2CCCC2C(=O)NC(CC(=O)O)C(=O)NC(C(C)C)C(=O)N(C)C(Cc2ccccc2)C(=O)NC(CCCCN)C(=O)N2CCCC2C(=O)NC(Cc2c[nH]c3ccccc23)C(=O)NC(Cc2ccc(O)cc2)C(=O)NC(CC(C)C)C(=O)NC(C(=O)NCC(N)=O)CSCC(=O)NC(Cc2ccccc2)C(=O)N(C)C(Cc2ccccc2)C(=O)N1C. The smallest absolute Gasteiger partial charge is 0.305 e. The molecule has 16 N–H and O–H groups in total. The van der Waals surface area contributed by atoms with Gasteiger partial charge in [-0.25, -0.2) is 0 Å². The molecule has 0 aliphatic carbocycles. The molecular weight excluding hydrogens is 1690 g/mol. The predicted octanol–water partition coefficient (Wildman–Crippen LogP) is 2.57. The highest BCUT2D eigenvalue weighted by Gasteiger charge is 2.46. The Morgan fingerprint density at radius 3 is 1.57 bits per heavy atom. The summed E-state index contributed by atoms with van der Waals surface area (Å²) in [5, 5.41) is 46.1. The van der Waals surface area contributed by atoms with E-state index in [9.17, 15) is 39.0 Å². The number of carbonyl (C=O) groups is 16. The fourth-order valence-corrected chi connectivity index (χ4v) is 17.4. The van der Waals surface area contributed by atoms with Crippen LogP contribution in [0.1, 0.15) is 139 Å². The standard InChI is InChI=1S/C94H125N17O18S/c1-9-10-35-75-93(128)111-44-25-37-74(111)88(123)104-70(51-80(115)116)86(121)106-81(57(4)5)94(129)108(7)76(48-59-28-16-12-17-29-59)89(124)100-66(34-22-23-42-95)91(126)110-43-24-36-73(110)87(122)103-69(50-62-52-97-65-33-21-20-32-64(62)65)85(120)102-68(46-61-38-40-63(112)41-39-61)84(119)101-67(45-56(2)3)83(118)105-72(82(117)98-53-78(96)113)54-130-55-79(114)99-71(47-58-26-14-11-15-27-58)90(125)109(8)77(92(127)107(75)6)49-60-30-18-13-19-31-60/h11-21,26-33,38-41,52,56-57,66-77,81,97,112H,9-10,22-25,34-37,42-51,53-55,95H2,1-8H3,(H2,96,113)(H,98,117)(H,99,114)(H,100,124)(H,101,119)(H,102,120)(H,103,122)(H,104,123)(H,105,118)(H,106,121)(H,115,116). The molecule has 13 atom stereocenters. The Hall–Kier alpha value is -12.7. The molecule has 35 nitrogen and oxygen atoms in total. The molecule has 0 saturated carbocycles. The zero-order valence-electron chi connectivity index (χ0n) is 75.0. The van der Waals surface area contributed by atoms with Crippen LogP contribution in [0.4, 0.5) is 0 Å². The lowest BCUT2D eigenvalue weighted by atomic mass is 9.98. The molecular formula is C94H125N17O18S. The number of fused-ring (bicyclic) bond motifs is 3. The number of aromatic amines is 1. The van der Waals surface area contributed by atoms with E-state index in [1.54, 1.807) is 143 Å². The Morgan fingerprint density at radius 1 is 0.492 bits per heavy atom. The number of unbranched alkanes of at least 4 members (excludes halogenated alkanes) is 2. The Morgan fingerprint density at radius 2 is 0.992 bits per heavy atom. The van der Waals surface area contributed by atoms with Gasteiger partial charge in [0.15, 0.2) is 0 Å². The summed E-state index contributed by atoms with van der Waals surface area (Å²) < 4.78 is 0. The number of thioether (sulfide) groups is 1. The van der Waals surface area contributed by atoms with E-state index in [0.29, 0.717) is 64.4 Å². The van der Waals surface area contributed by atoms with E-state index in [1.807, 2.05) is 13.0 Å². The van der Waals surface area contributed by atoms with Crippen LogP contribution in [0, 0.1) is 11.8 Å². The lowest BCUT2D eigenvalue weighted by Crippen LogP contribution is -2.62. The van der Waals surface area contributed by atoms with Crippen LogP contribution in [0.5, 0.6) is 5.75 Å². The quantitative estimate of drug-likeness (QED) is 0.0366. The van der Waals surface area contributed by atoms with Crippen LogP contribution in [0.3, 0.4) is 0 Å². The van der Waals surface area contributed by atoms with Crippen LogP contribution >= 0.6 is 11.8 Å². The highest BCUT2D eigenvalue weighted by atomic mass is 32.2.